The normalized spacial score (nSPS) is 18.2. The molecule has 0 unspecified atom stereocenters. The summed E-state index contributed by atoms with van der Waals surface area (Å²) in [5.41, 5.74) is 6.76. The first kappa shape index (κ1) is 16.0. The Morgan fingerprint density at radius 2 is 1.32 bits per heavy atom. The lowest BCUT2D eigenvalue weighted by Gasteiger charge is -2.06. The second kappa shape index (κ2) is 8.19. The van der Waals surface area contributed by atoms with Gasteiger partial charge in [-0.15, -0.1) is 0 Å². The molecule has 0 saturated carbocycles. The van der Waals surface area contributed by atoms with Crippen LogP contribution in [0.2, 0.25) is 0 Å². The van der Waals surface area contributed by atoms with E-state index in [2.05, 4.69) is 99.7 Å². The summed E-state index contributed by atoms with van der Waals surface area (Å²) in [5.74, 6) is 0. The molecular formula is C22H24. The van der Waals surface area contributed by atoms with Crippen LogP contribution in [0.1, 0.15) is 29.2 Å². The minimum atomic E-state index is 1.02. The highest BCUT2D eigenvalue weighted by Crippen LogP contribution is 2.20. The third-order valence-electron chi connectivity index (χ3n) is 3.70. The number of fused-ring (bicyclic) bond motifs is 1. The van der Waals surface area contributed by atoms with Gasteiger partial charge in [-0.2, -0.15) is 0 Å². The Labute approximate surface area is 134 Å². The molecule has 1 aliphatic carbocycles. The third kappa shape index (κ3) is 4.89. The molecule has 2 aromatic carbocycles. The van der Waals surface area contributed by atoms with Gasteiger partial charge in [-0.1, -0.05) is 90.0 Å². The maximum atomic E-state index is 2.20. The van der Waals surface area contributed by atoms with E-state index in [9.17, 15) is 0 Å². The number of allylic oxidation sites excluding steroid dienone is 6. The monoisotopic (exact) mass is 288 g/mol. The summed E-state index contributed by atoms with van der Waals surface area (Å²) in [6.07, 6.45) is 11.6. The van der Waals surface area contributed by atoms with Crippen molar-refractivity contribution < 1.29 is 0 Å². The summed E-state index contributed by atoms with van der Waals surface area (Å²) in [7, 11) is 0. The molecule has 22 heavy (non-hydrogen) atoms. The summed E-state index contributed by atoms with van der Waals surface area (Å²) in [6, 6.07) is 17.1. The Hall–Kier alpha value is -2.34. The molecule has 0 atom stereocenters. The highest BCUT2D eigenvalue weighted by molar-refractivity contribution is 5.68. The molecule has 0 bridgehead atoms. The fraction of sp³-hybridized carbons (Fsp3) is 0.182. The molecule has 0 fully saturated rings. The molecule has 0 nitrogen and oxygen atoms in total. The Morgan fingerprint density at radius 3 is 2.00 bits per heavy atom. The van der Waals surface area contributed by atoms with Crippen molar-refractivity contribution in [3.05, 3.63) is 101 Å². The van der Waals surface area contributed by atoms with Crippen molar-refractivity contribution in [3.8, 4) is 0 Å². The maximum Gasteiger partial charge on any atom is -0.00883 e. The van der Waals surface area contributed by atoms with Crippen molar-refractivity contribution in [2.24, 2.45) is 0 Å². The Balaban J connectivity index is 0.000000188. The molecular weight excluding hydrogens is 264 g/mol. The fourth-order valence-corrected chi connectivity index (χ4v) is 2.35. The van der Waals surface area contributed by atoms with Crippen molar-refractivity contribution in [1.29, 1.82) is 0 Å². The van der Waals surface area contributed by atoms with Crippen LogP contribution >= 0.6 is 0 Å². The first-order valence-electron chi connectivity index (χ1n) is 7.78. The Kier molecular flexibility index (Phi) is 5.97. The number of hydrogen-bond donors (Lipinski definition) is 0. The molecule has 0 radical (unpaired) electrons. The van der Waals surface area contributed by atoms with E-state index in [0.29, 0.717) is 0 Å². The van der Waals surface area contributed by atoms with Gasteiger partial charge in [-0.25, -0.2) is 0 Å². The van der Waals surface area contributed by atoms with Crippen molar-refractivity contribution in [3.63, 3.8) is 0 Å². The van der Waals surface area contributed by atoms with Gasteiger partial charge in [-0.3, -0.25) is 0 Å². The smallest absolute Gasteiger partial charge is 0.00883 e. The van der Waals surface area contributed by atoms with Crippen LogP contribution in [-0.2, 0) is 6.42 Å². The van der Waals surface area contributed by atoms with Crippen LogP contribution in [-0.4, -0.2) is 0 Å². The predicted octanol–water partition coefficient (Wildman–Crippen LogP) is 6.06. The average molecular weight is 288 g/mol. The Morgan fingerprint density at radius 1 is 0.682 bits per heavy atom. The van der Waals surface area contributed by atoms with Crippen LogP contribution in [0.25, 0.3) is 5.57 Å². The van der Waals surface area contributed by atoms with E-state index >= 15 is 0 Å². The largest absolute Gasteiger partial charge is 0.0801 e. The van der Waals surface area contributed by atoms with Crippen LogP contribution in [0.4, 0.5) is 0 Å². The lowest BCUT2D eigenvalue weighted by molar-refractivity contribution is 1.25. The van der Waals surface area contributed by atoms with Crippen molar-refractivity contribution >= 4 is 5.57 Å². The van der Waals surface area contributed by atoms with Gasteiger partial charge < -0.3 is 0 Å². The van der Waals surface area contributed by atoms with Gasteiger partial charge in [0.05, 0.1) is 0 Å². The molecule has 0 aromatic heterocycles. The molecule has 0 aliphatic heterocycles. The van der Waals surface area contributed by atoms with E-state index in [4.69, 9.17) is 0 Å². The molecule has 2 aromatic rings. The highest BCUT2D eigenvalue weighted by atomic mass is 14.1. The molecule has 0 heterocycles. The lowest BCUT2D eigenvalue weighted by atomic mass is 9.99. The molecule has 0 amide bonds. The molecule has 0 heteroatoms. The quantitative estimate of drug-likeness (QED) is 0.552. The minimum absolute atomic E-state index is 1.02. The molecule has 1 aliphatic rings. The summed E-state index contributed by atoms with van der Waals surface area (Å²) in [4.78, 5) is 0. The summed E-state index contributed by atoms with van der Waals surface area (Å²) < 4.78 is 0. The van der Waals surface area contributed by atoms with Gasteiger partial charge in [-0.05, 0) is 43.9 Å². The number of hydrogen-bond acceptors (Lipinski definition) is 0. The van der Waals surface area contributed by atoms with Crippen LogP contribution in [0.15, 0.2) is 78.9 Å². The number of benzene rings is 2. The second-order valence-electron chi connectivity index (χ2n) is 5.68. The van der Waals surface area contributed by atoms with E-state index in [1.54, 1.807) is 0 Å². The van der Waals surface area contributed by atoms with Gasteiger partial charge >= 0.3 is 0 Å². The number of aryl methyl sites for hydroxylation is 2. The highest BCUT2D eigenvalue weighted by Gasteiger charge is 2.01. The maximum absolute atomic E-state index is 2.20. The van der Waals surface area contributed by atoms with E-state index in [1.165, 1.54) is 27.8 Å². The first-order chi connectivity index (χ1) is 10.7. The van der Waals surface area contributed by atoms with E-state index < -0.39 is 0 Å². The zero-order valence-corrected chi connectivity index (χ0v) is 13.7. The van der Waals surface area contributed by atoms with Gasteiger partial charge in [0, 0.05) is 0 Å². The molecule has 112 valence electrons. The van der Waals surface area contributed by atoms with Crippen molar-refractivity contribution in [1.82, 2.24) is 0 Å². The number of rotatable bonds is 0. The van der Waals surface area contributed by atoms with Crippen molar-refractivity contribution in [2.45, 2.75) is 27.2 Å². The second-order valence-corrected chi connectivity index (χ2v) is 5.68. The van der Waals surface area contributed by atoms with Gasteiger partial charge in [0.25, 0.3) is 0 Å². The topological polar surface area (TPSA) is 0 Å². The van der Waals surface area contributed by atoms with E-state index in [-0.39, 0.29) is 0 Å². The van der Waals surface area contributed by atoms with Gasteiger partial charge in [0.15, 0.2) is 0 Å². The van der Waals surface area contributed by atoms with Gasteiger partial charge in [0.1, 0.15) is 0 Å². The predicted molar refractivity (Wildman–Crippen MR) is 98.0 cm³/mol. The molecule has 0 saturated heterocycles. The zero-order valence-electron chi connectivity index (χ0n) is 13.7. The van der Waals surface area contributed by atoms with E-state index in [1.807, 2.05) is 0 Å². The zero-order chi connectivity index (χ0) is 15.8. The van der Waals surface area contributed by atoms with Crippen LogP contribution in [0.3, 0.4) is 0 Å². The van der Waals surface area contributed by atoms with Gasteiger partial charge in [0.2, 0.25) is 0 Å². The lowest BCUT2D eigenvalue weighted by Crippen LogP contribution is -1.89. The van der Waals surface area contributed by atoms with Crippen LogP contribution in [0.5, 0.6) is 0 Å². The average Bonchev–Trinajstić information content (AvgIpc) is 2.62. The minimum Gasteiger partial charge on any atom is -0.0801 e. The summed E-state index contributed by atoms with van der Waals surface area (Å²) in [6.45, 7) is 6.35. The summed E-state index contributed by atoms with van der Waals surface area (Å²) in [5, 5.41) is 0. The SMILES string of the molecule is C\C1=C/C=C\C=C\Cc2ccccc21.Cc1ccc(C)cc1. The van der Waals surface area contributed by atoms with Crippen LogP contribution in [0, 0.1) is 13.8 Å². The molecule has 3 rings (SSSR count). The third-order valence-corrected chi connectivity index (χ3v) is 3.70. The fourth-order valence-electron chi connectivity index (χ4n) is 2.35. The molecule has 0 N–H and O–H groups in total. The first-order valence-corrected chi connectivity index (χ1v) is 7.78. The summed E-state index contributed by atoms with van der Waals surface area (Å²) >= 11 is 0. The van der Waals surface area contributed by atoms with Crippen molar-refractivity contribution in [2.75, 3.05) is 0 Å². The molecule has 0 spiro atoms. The standard InChI is InChI=1S/C14H14.C8H10/c1-12-8-4-2-3-5-9-13-10-6-7-11-14(12)13;1-7-3-5-8(2)6-4-7/h2-8,10-11H,9H2,1H3;3-6H,1-2H3/b4-2-,5-3+,12-8+;. The van der Waals surface area contributed by atoms with Crippen LogP contribution < -0.4 is 0 Å². The van der Waals surface area contributed by atoms with E-state index in [0.717, 1.165) is 6.42 Å². The Bertz CT molecular complexity index is 661.